The van der Waals surface area contributed by atoms with Crippen molar-refractivity contribution >= 4 is 49.1 Å². The molecule has 1 atom stereocenters. The minimum Gasteiger partial charge on any atom is -0.338 e. The van der Waals surface area contributed by atoms with E-state index >= 15 is 0 Å². The van der Waals surface area contributed by atoms with Crippen LogP contribution in [0.5, 0.6) is 0 Å². The van der Waals surface area contributed by atoms with Crippen molar-refractivity contribution in [3.8, 4) is 6.07 Å². The SMILES string of the molecule is CC(C)(C)[C@@H]1CCc2c(sc(NC(=O)Cn3ccc4cc(Br)ccc43)c2C#N)C1. The van der Waals surface area contributed by atoms with Crippen molar-refractivity contribution in [2.45, 2.75) is 46.6 Å². The lowest BCUT2D eigenvalue weighted by molar-refractivity contribution is -0.116. The number of anilines is 1. The predicted molar refractivity (Wildman–Crippen MR) is 122 cm³/mol. The van der Waals surface area contributed by atoms with Gasteiger partial charge in [-0.1, -0.05) is 36.7 Å². The quantitative estimate of drug-likeness (QED) is 0.501. The predicted octanol–water partition coefficient (Wildman–Crippen LogP) is 6.13. The van der Waals surface area contributed by atoms with Gasteiger partial charge in [0.2, 0.25) is 5.91 Å². The normalized spacial score (nSPS) is 16.4. The van der Waals surface area contributed by atoms with Crippen molar-refractivity contribution in [1.82, 2.24) is 4.57 Å². The third kappa shape index (κ3) is 3.99. The van der Waals surface area contributed by atoms with Gasteiger partial charge in [-0.15, -0.1) is 11.3 Å². The van der Waals surface area contributed by atoms with Gasteiger partial charge in [-0.2, -0.15) is 5.26 Å². The Bertz CT molecular complexity index is 1130. The van der Waals surface area contributed by atoms with Crippen LogP contribution >= 0.6 is 27.3 Å². The Morgan fingerprint density at radius 1 is 1.38 bits per heavy atom. The van der Waals surface area contributed by atoms with Crippen LogP contribution in [-0.4, -0.2) is 10.5 Å². The molecule has 0 unspecified atom stereocenters. The lowest BCUT2D eigenvalue weighted by Crippen LogP contribution is -2.26. The third-order valence-corrected chi connectivity index (χ3v) is 7.56. The number of thiophene rings is 1. The van der Waals surface area contributed by atoms with E-state index in [0.29, 0.717) is 16.5 Å². The second-order valence-corrected chi connectivity index (χ2v) is 10.8. The Morgan fingerprint density at radius 2 is 2.17 bits per heavy atom. The van der Waals surface area contributed by atoms with E-state index in [9.17, 15) is 10.1 Å². The summed E-state index contributed by atoms with van der Waals surface area (Å²) in [4.78, 5) is 14.0. The van der Waals surface area contributed by atoms with E-state index in [1.807, 2.05) is 35.0 Å². The number of nitriles is 1. The van der Waals surface area contributed by atoms with Gasteiger partial charge in [0.25, 0.3) is 0 Å². The van der Waals surface area contributed by atoms with Crippen molar-refractivity contribution in [3.63, 3.8) is 0 Å². The number of carbonyl (C=O) groups excluding carboxylic acids is 1. The molecule has 1 aromatic carbocycles. The van der Waals surface area contributed by atoms with Gasteiger partial charge in [-0.3, -0.25) is 4.79 Å². The van der Waals surface area contributed by atoms with E-state index in [4.69, 9.17) is 0 Å². The molecule has 6 heteroatoms. The standard InChI is InChI=1S/C23H24BrN3OS/c1-23(2,3)15-4-6-17-18(12-25)22(29-20(17)11-15)26-21(28)13-27-9-8-14-10-16(24)5-7-19(14)27/h5,7-10,15H,4,6,11,13H2,1-3H3,(H,26,28)/t15-/m1/s1. The van der Waals surface area contributed by atoms with Crippen molar-refractivity contribution in [2.75, 3.05) is 5.32 Å². The minimum absolute atomic E-state index is 0.104. The molecule has 3 aromatic rings. The summed E-state index contributed by atoms with van der Waals surface area (Å²) < 4.78 is 2.95. The number of amides is 1. The van der Waals surface area contributed by atoms with Crippen LogP contribution in [-0.2, 0) is 24.2 Å². The maximum absolute atomic E-state index is 12.8. The van der Waals surface area contributed by atoms with Gasteiger partial charge in [0.1, 0.15) is 17.6 Å². The first kappa shape index (κ1) is 20.2. The molecule has 0 fully saturated rings. The second-order valence-electron chi connectivity index (χ2n) is 8.82. The van der Waals surface area contributed by atoms with E-state index in [0.717, 1.165) is 40.2 Å². The fourth-order valence-electron chi connectivity index (χ4n) is 4.16. The van der Waals surface area contributed by atoms with Crippen LogP contribution < -0.4 is 5.32 Å². The van der Waals surface area contributed by atoms with Crippen LogP contribution in [0, 0.1) is 22.7 Å². The van der Waals surface area contributed by atoms with Crippen LogP contribution in [0.15, 0.2) is 34.9 Å². The number of aromatic nitrogens is 1. The second kappa shape index (κ2) is 7.62. The van der Waals surface area contributed by atoms with Gasteiger partial charge >= 0.3 is 0 Å². The fourth-order valence-corrected chi connectivity index (χ4v) is 5.83. The summed E-state index contributed by atoms with van der Waals surface area (Å²) in [6.45, 7) is 7.07. The topological polar surface area (TPSA) is 57.8 Å². The summed E-state index contributed by atoms with van der Waals surface area (Å²) in [5.74, 6) is 0.502. The van der Waals surface area contributed by atoms with Crippen molar-refractivity contribution < 1.29 is 4.79 Å². The highest BCUT2D eigenvalue weighted by Gasteiger charge is 2.32. The molecule has 0 saturated heterocycles. The molecule has 150 valence electrons. The zero-order valence-electron chi connectivity index (χ0n) is 16.9. The van der Waals surface area contributed by atoms with Gasteiger partial charge in [0, 0.05) is 26.4 Å². The number of rotatable bonds is 3. The molecule has 4 nitrogen and oxygen atoms in total. The van der Waals surface area contributed by atoms with Crippen LogP contribution in [0.25, 0.3) is 10.9 Å². The van der Waals surface area contributed by atoms with E-state index in [-0.39, 0.29) is 17.9 Å². The Kier molecular flexibility index (Phi) is 5.30. The molecule has 0 spiro atoms. The zero-order valence-corrected chi connectivity index (χ0v) is 19.3. The summed E-state index contributed by atoms with van der Waals surface area (Å²) in [6, 6.07) is 10.4. The number of hydrogen-bond donors (Lipinski definition) is 1. The maximum atomic E-state index is 12.8. The molecule has 1 amide bonds. The molecule has 1 N–H and O–H groups in total. The number of hydrogen-bond acceptors (Lipinski definition) is 3. The first-order valence-corrected chi connectivity index (χ1v) is 11.5. The molecule has 0 saturated carbocycles. The molecule has 1 aliphatic carbocycles. The Hall–Kier alpha value is -2.10. The van der Waals surface area contributed by atoms with E-state index < -0.39 is 0 Å². The highest BCUT2D eigenvalue weighted by Crippen LogP contribution is 2.44. The number of nitrogens with one attached hydrogen (secondary N) is 1. The molecule has 2 aromatic heterocycles. The molecule has 2 heterocycles. The van der Waals surface area contributed by atoms with Crippen molar-refractivity contribution in [2.24, 2.45) is 11.3 Å². The van der Waals surface area contributed by atoms with Crippen LogP contribution in [0.1, 0.15) is 43.2 Å². The molecule has 0 radical (unpaired) electrons. The average molecular weight is 470 g/mol. The highest BCUT2D eigenvalue weighted by atomic mass is 79.9. The summed E-state index contributed by atoms with van der Waals surface area (Å²) in [5.41, 5.74) is 3.07. The highest BCUT2D eigenvalue weighted by molar-refractivity contribution is 9.10. The lowest BCUT2D eigenvalue weighted by atomic mass is 9.72. The Morgan fingerprint density at radius 3 is 2.90 bits per heavy atom. The van der Waals surface area contributed by atoms with E-state index in [1.54, 1.807) is 11.3 Å². The molecular formula is C23H24BrN3OS. The van der Waals surface area contributed by atoms with Crippen LogP contribution in [0.3, 0.4) is 0 Å². The first-order valence-electron chi connectivity index (χ1n) is 9.85. The van der Waals surface area contributed by atoms with E-state index in [2.05, 4.69) is 48.1 Å². The number of benzene rings is 1. The van der Waals surface area contributed by atoms with Gasteiger partial charge in [-0.05, 0) is 60.4 Å². The molecule has 4 rings (SSSR count). The smallest absolute Gasteiger partial charge is 0.244 e. The molecule has 0 aliphatic heterocycles. The lowest BCUT2D eigenvalue weighted by Gasteiger charge is -2.33. The number of fused-ring (bicyclic) bond motifs is 2. The molecule has 0 bridgehead atoms. The van der Waals surface area contributed by atoms with Gasteiger partial charge in [-0.25, -0.2) is 0 Å². The molecule has 1 aliphatic rings. The van der Waals surface area contributed by atoms with Crippen molar-refractivity contribution in [1.29, 1.82) is 5.26 Å². The molecule has 29 heavy (non-hydrogen) atoms. The van der Waals surface area contributed by atoms with Gasteiger partial charge in [0.05, 0.1) is 5.56 Å². The number of carbonyl (C=O) groups is 1. The van der Waals surface area contributed by atoms with E-state index in [1.165, 1.54) is 4.88 Å². The number of halogens is 1. The summed E-state index contributed by atoms with van der Waals surface area (Å²) >= 11 is 5.06. The minimum atomic E-state index is -0.104. The molecular weight excluding hydrogens is 446 g/mol. The first-order chi connectivity index (χ1) is 13.8. The Balaban J connectivity index is 1.54. The number of nitrogens with zero attached hydrogens (tertiary/aromatic N) is 2. The summed E-state index contributed by atoms with van der Waals surface area (Å²) in [7, 11) is 0. The van der Waals surface area contributed by atoms with Crippen LogP contribution in [0.2, 0.25) is 0 Å². The van der Waals surface area contributed by atoms with Gasteiger partial charge < -0.3 is 9.88 Å². The summed E-state index contributed by atoms with van der Waals surface area (Å²) in [6.07, 6.45) is 4.93. The maximum Gasteiger partial charge on any atom is 0.244 e. The largest absolute Gasteiger partial charge is 0.338 e. The van der Waals surface area contributed by atoms with Gasteiger partial charge in [0.15, 0.2) is 0 Å². The average Bonchev–Trinajstić information content (AvgIpc) is 3.20. The van der Waals surface area contributed by atoms with Crippen LogP contribution in [0.4, 0.5) is 5.00 Å². The summed E-state index contributed by atoms with van der Waals surface area (Å²) in [5, 5.41) is 14.5. The van der Waals surface area contributed by atoms with Crippen molar-refractivity contribution in [3.05, 3.63) is 50.9 Å². The third-order valence-electron chi connectivity index (χ3n) is 5.90. The zero-order chi connectivity index (χ0) is 20.8. The Labute approximate surface area is 183 Å². The fraction of sp³-hybridized carbons (Fsp3) is 0.391. The monoisotopic (exact) mass is 469 g/mol.